The van der Waals surface area contributed by atoms with Crippen LogP contribution in [-0.4, -0.2) is 22.4 Å². The van der Waals surface area contributed by atoms with Gasteiger partial charge in [-0.25, -0.2) is 4.39 Å². The summed E-state index contributed by atoms with van der Waals surface area (Å²) in [6.07, 6.45) is 0. The number of carbonyl (C=O) groups is 1. The number of hydrogen-bond acceptors (Lipinski definition) is 2. The van der Waals surface area contributed by atoms with Crippen LogP contribution in [0.3, 0.4) is 0 Å². The quantitative estimate of drug-likeness (QED) is 0.849. The van der Waals surface area contributed by atoms with Crippen molar-refractivity contribution in [3.05, 3.63) is 66.0 Å². The molecule has 0 aliphatic heterocycles. The van der Waals surface area contributed by atoms with Gasteiger partial charge < -0.3 is 4.90 Å². The van der Waals surface area contributed by atoms with Crippen molar-refractivity contribution in [2.75, 3.05) is 11.9 Å². The van der Waals surface area contributed by atoms with Gasteiger partial charge >= 0.3 is 0 Å². The van der Waals surface area contributed by atoms with Crippen LogP contribution >= 0.6 is 0 Å². The summed E-state index contributed by atoms with van der Waals surface area (Å²) >= 11 is 0. The van der Waals surface area contributed by atoms with Crippen molar-refractivity contribution < 1.29 is 13.4 Å². The molecular weight excluding hydrogens is 301 g/mol. The number of benzene rings is 2. The van der Waals surface area contributed by atoms with Crippen LogP contribution in [0.2, 0.25) is 0 Å². The molecule has 0 unspecified atom stereocenters. The van der Waals surface area contributed by atoms with Crippen LogP contribution in [0, 0.1) is 5.82 Å². The first-order valence-corrected chi connectivity index (χ1v) is 8.31. The standard InChI is InChI=1S/C17H18FNO2S/c1-13(17(20)19(2)16-9-4-3-5-10-16)22(21)12-14-7-6-8-15(18)11-14/h3-11,13H,12H2,1-2H3/t13-,22+/m1/s1. The third-order valence-corrected chi connectivity index (χ3v) is 5.02. The molecule has 0 radical (unpaired) electrons. The third kappa shape index (κ3) is 4.01. The van der Waals surface area contributed by atoms with Gasteiger partial charge in [0.1, 0.15) is 11.1 Å². The van der Waals surface area contributed by atoms with Crippen molar-refractivity contribution >= 4 is 22.4 Å². The fraction of sp³-hybridized carbons (Fsp3) is 0.235. The highest BCUT2D eigenvalue weighted by Crippen LogP contribution is 2.16. The van der Waals surface area contributed by atoms with E-state index in [0.29, 0.717) is 5.56 Å². The molecule has 116 valence electrons. The zero-order valence-corrected chi connectivity index (χ0v) is 13.3. The fourth-order valence-corrected chi connectivity index (χ4v) is 3.22. The predicted molar refractivity (Wildman–Crippen MR) is 87.6 cm³/mol. The van der Waals surface area contributed by atoms with E-state index in [1.807, 2.05) is 30.3 Å². The molecule has 2 atom stereocenters. The van der Waals surface area contributed by atoms with E-state index in [-0.39, 0.29) is 17.5 Å². The van der Waals surface area contributed by atoms with Crippen LogP contribution in [0.1, 0.15) is 12.5 Å². The van der Waals surface area contributed by atoms with Gasteiger partial charge in [0.15, 0.2) is 0 Å². The van der Waals surface area contributed by atoms with Crippen molar-refractivity contribution in [1.82, 2.24) is 0 Å². The largest absolute Gasteiger partial charge is 0.314 e. The Morgan fingerprint density at radius 2 is 1.86 bits per heavy atom. The molecule has 0 saturated heterocycles. The zero-order valence-electron chi connectivity index (χ0n) is 12.5. The molecule has 0 saturated carbocycles. The first-order valence-electron chi connectivity index (χ1n) is 6.93. The van der Waals surface area contributed by atoms with E-state index in [2.05, 4.69) is 0 Å². The summed E-state index contributed by atoms with van der Waals surface area (Å²) in [5.74, 6) is -0.427. The van der Waals surface area contributed by atoms with Gasteiger partial charge in [0, 0.05) is 29.3 Å². The fourth-order valence-electron chi connectivity index (χ4n) is 2.08. The van der Waals surface area contributed by atoms with Gasteiger partial charge in [-0.3, -0.25) is 9.00 Å². The number of anilines is 1. The highest BCUT2D eigenvalue weighted by Gasteiger charge is 2.24. The average Bonchev–Trinajstić information content (AvgIpc) is 2.53. The molecule has 0 spiro atoms. The number of nitrogens with zero attached hydrogens (tertiary/aromatic N) is 1. The minimum atomic E-state index is -1.41. The Labute approximate surface area is 132 Å². The minimum absolute atomic E-state index is 0.160. The Morgan fingerprint density at radius 1 is 1.18 bits per heavy atom. The van der Waals surface area contributed by atoms with Gasteiger partial charge in [-0.15, -0.1) is 0 Å². The Morgan fingerprint density at radius 3 is 2.50 bits per heavy atom. The lowest BCUT2D eigenvalue weighted by atomic mass is 10.2. The van der Waals surface area contributed by atoms with E-state index >= 15 is 0 Å². The van der Waals surface area contributed by atoms with Crippen molar-refractivity contribution in [3.63, 3.8) is 0 Å². The molecule has 0 bridgehead atoms. The summed E-state index contributed by atoms with van der Waals surface area (Å²) in [6.45, 7) is 1.64. The highest BCUT2D eigenvalue weighted by molar-refractivity contribution is 7.85. The third-order valence-electron chi connectivity index (χ3n) is 3.41. The maximum Gasteiger partial charge on any atom is 0.242 e. The lowest BCUT2D eigenvalue weighted by Gasteiger charge is -2.21. The van der Waals surface area contributed by atoms with E-state index in [1.54, 1.807) is 26.1 Å². The van der Waals surface area contributed by atoms with E-state index in [4.69, 9.17) is 0 Å². The van der Waals surface area contributed by atoms with Gasteiger partial charge in [0.05, 0.1) is 0 Å². The first-order chi connectivity index (χ1) is 10.5. The number of amides is 1. The number of hydrogen-bond donors (Lipinski definition) is 0. The van der Waals surface area contributed by atoms with Crippen LogP contribution in [0.15, 0.2) is 54.6 Å². The number of halogens is 1. The zero-order chi connectivity index (χ0) is 16.1. The normalized spacial score (nSPS) is 13.4. The molecule has 22 heavy (non-hydrogen) atoms. The Hall–Kier alpha value is -2.01. The van der Waals surface area contributed by atoms with Gasteiger partial charge in [-0.2, -0.15) is 0 Å². The van der Waals surface area contributed by atoms with Gasteiger partial charge in [0.25, 0.3) is 0 Å². The van der Waals surface area contributed by atoms with E-state index < -0.39 is 16.0 Å². The second-order valence-corrected chi connectivity index (χ2v) is 6.79. The summed E-state index contributed by atoms with van der Waals surface area (Å²) in [4.78, 5) is 13.9. The molecule has 0 aliphatic carbocycles. The van der Waals surface area contributed by atoms with E-state index in [9.17, 15) is 13.4 Å². The summed E-state index contributed by atoms with van der Waals surface area (Å²) in [7, 11) is 0.254. The molecule has 5 heteroatoms. The van der Waals surface area contributed by atoms with Crippen molar-refractivity contribution in [2.24, 2.45) is 0 Å². The molecule has 0 N–H and O–H groups in total. The second-order valence-electron chi connectivity index (χ2n) is 5.03. The molecule has 0 aromatic heterocycles. The lowest BCUT2D eigenvalue weighted by Crippen LogP contribution is -2.37. The number of para-hydroxylation sites is 1. The topological polar surface area (TPSA) is 37.4 Å². The summed E-state index contributed by atoms with van der Waals surface area (Å²) in [5.41, 5.74) is 1.38. The smallest absolute Gasteiger partial charge is 0.242 e. The van der Waals surface area contributed by atoms with Crippen LogP contribution in [-0.2, 0) is 21.3 Å². The molecule has 0 fully saturated rings. The van der Waals surface area contributed by atoms with Gasteiger partial charge in [-0.05, 0) is 36.8 Å². The van der Waals surface area contributed by atoms with Crippen molar-refractivity contribution in [3.8, 4) is 0 Å². The SMILES string of the molecule is C[C@H](C(=O)N(C)c1ccccc1)[S@@](=O)Cc1cccc(F)c1. The van der Waals surface area contributed by atoms with E-state index in [1.165, 1.54) is 17.0 Å². The summed E-state index contributed by atoms with van der Waals surface area (Å²) < 4.78 is 25.5. The van der Waals surface area contributed by atoms with Crippen molar-refractivity contribution in [1.29, 1.82) is 0 Å². The van der Waals surface area contributed by atoms with Gasteiger partial charge in [0.2, 0.25) is 5.91 Å². The molecule has 1 amide bonds. The predicted octanol–water partition coefficient (Wildman–Crippen LogP) is 3.13. The second kappa shape index (κ2) is 7.31. The minimum Gasteiger partial charge on any atom is -0.314 e. The highest BCUT2D eigenvalue weighted by atomic mass is 32.2. The Balaban J connectivity index is 2.05. The summed E-state index contributed by atoms with van der Waals surface area (Å²) in [6, 6.07) is 15.2. The maximum absolute atomic E-state index is 13.2. The van der Waals surface area contributed by atoms with Crippen LogP contribution in [0.5, 0.6) is 0 Å². The molecule has 0 heterocycles. The average molecular weight is 319 g/mol. The van der Waals surface area contributed by atoms with Crippen LogP contribution < -0.4 is 4.90 Å². The van der Waals surface area contributed by atoms with Crippen LogP contribution in [0.25, 0.3) is 0 Å². The first kappa shape index (κ1) is 16.4. The Bertz CT molecular complexity index is 675. The number of rotatable bonds is 5. The number of carbonyl (C=O) groups excluding carboxylic acids is 1. The van der Waals surface area contributed by atoms with E-state index in [0.717, 1.165) is 5.69 Å². The molecule has 2 aromatic carbocycles. The lowest BCUT2D eigenvalue weighted by molar-refractivity contribution is -0.117. The molecule has 2 rings (SSSR count). The molecule has 2 aromatic rings. The van der Waals surface area contributed by atoms with Gasteiger partial charge in [-0.1, -0.05) is 30.3 Å². The Kier molecular flexibility index (Phi) is 5.44. The monoisotopic (exact) mass is 319 g/mol. The van der Waals surface area contributed by atoms with Crippen LogP contribution in [0.4, 0.5) is 10.1 Å². The summed E-state index contributed by atoms with van der Waals surface area (Å²) in [5, 5.41) is -0.659. The maximum atomic E-state index is 13.2. The molecular formula is C17H18FNO2S. The molecule has 3 nitrogen and oxygen atoms in total. The van der Waals surface area contributed by atoms with Crippen molar-refractivity contribution in [2.45, 2.75) is 17.9 Å². The molecule has 0 aliphatic rings.